The Labute approximate surface area is 220 Å². The molecule has 0 amide bonds. The van der Waals surface area contributed by atoms with Crippen LogP contribution in [0.4, 0.5) is 4.39 Å². The van der Waals surface area contributed by atoms with Crippen LogP contribution in [0, 0.1) is 5.41 Å². The van der Waals surface area contributed by atoms with E-state index in [0.717, 1.165) is 43.3 Å². The molecular weight excluding hydrogens is 506 g/mol. The van der Waals surface area contributed by atoms with Crippen molar-refractivity contribution in [2.24, 2.45) is 5.41 Å². The van der Waals surface area contributed by atoms with Crippen LogP contribution >= 0.6 is 35.0 Å². The van der Waals surface area contributed by atoms with Crippen molar-refractivity contribution in [1.29, 1.82) is 0 Å². The van der Waals surface area contributed by atoms with E-state index < -0.39 is 6.17 Å². The highest BCUT2D eigenvalue weighted by Crippen LogP contribution is 2.42. The largest absolute Gasteiger partial charge is 0.497 e. The van der Waals surface area contributed by atoms with Gasteiger partial charge in [0.25, 0.3) is 0 Å². The highest BCUT2D eigenvalue weighted by atomic mass is 35.5. The number of fused-ring (bicyclic) bond motifs is 1. The zero-order valence-electron chi connectivity index (χ0n) is 19.9. The summed E-state index contributed by atoms with van der Waals surface area (Å²) in [6.07, 6.45) is 2.91. The van der Waals surface area contributed by atoms with Gasteiger partial charge in [-0.15, -0.1) is 11.8 Å². The number of aromatic nitrogens is 1. The Morgan fingerprint density at radius 3 is 2.71 bits per heavy atom. The number of nitrogens with zero attached hydrogens (tertiary/aromatic N) is 2. The van der Waals surface area contributed by atoms with Gasteiger partial charge >= 0.3 is 0 Å². The third-order valence-electron chi connectivity index (χ3n) is 7.03. The molecule has 8 heteroatoms. The summed E-state index contributed by atoms with van der Waals surface area (Å²) in [4.78, 5) is 7.93. The smallest absolute Gasteiger partial charge is 0.127 e. The standard InChI is InChI=1S/C27H31Cl2FN2O2S/c1-34-20-5-6-25-22(16-20)26(23(29)17-31-25)24(30)7-8-27(18-33)9-11-32(12-10-27)13-14-35-21-4-2-3-19(28)15-21/h2-6,15-17,24,33H,7-14,18H2,1H3/t24-/m0/s1. The second-order valence-corrected chi connectivity index (χ2v) is 11.2. The molecule has 4 nitrogen and oxygen atoms in total. The molecule has 0 unspecified atom stereocenters. The number of hydrogen-bond donors (Lipinski definition) is 1. The van der Waals surface area contributed by atoms with Gasteiger partial charge in [0.1, 0.15) is 11.9 Å². The van der Waals surface area contributed by atoms with Crippen LogP contribution in [-0.4, -0.2) is 54.1 Å². The summed E-state index contributed by atoms with van der Waals surface area (Å²) < 4.78 is 20.9. The Kier molecular flexibility index (Phi) is 9.17. The van der Waals surface area contributed by atoms with Crippen molar-refractivity contribution >= 4 is 45.9 Å². The molecule has 0 spiro atoms. The predicted molar refractivity (Wildman–Crippen MR) is 144 cm³/mol. The fourth-order valence-corrected chi connectivity index (χ4v) is 6.27. The average Bonchev–Trinajstić information content (AvgIpc) is 2.88. The van der Waals surface area contributed by atoms with Gasteiger partial charge in [0, 0.05) is 46.0 Å². The first-order valence-corrected chi connectivity index (χ1v) is 13.6. The number of alkyl halides is 1. The molecule has 1 saturated heterocycles. The van der Waals surface area contributed by atoms with Gasteiger partial charge < -0.3 is 14.7 Å². The minimum absolute atomic E-state index is 0.0729. The summed E-state index contributed by atoms with van der Waals surface area (Å²) in [6.45, 7) is 2.86. The summed E-state index contributed by atoms with van der Waals surface area (Å²) in [6, 6.07) is 13.3. The molecule has 1 N–H and O–H groups in total. The van der Waals surface area contributed by atoms with E-state index in [1.807, 2.05) is 30.3 Å². The molecular formula is C27H31Cl2FN2O2S. The van der Waals surface area contributed by atoms with Crippen LogP contribution in [-0.2, 0) is 0 Å². The Balaban J connectivity index is 1.33. The Hall–Kier alpha value is -1.57. The molecule has 188 valence electrons. The number of halogens is 3. The summed E-state index contributed by atoms with van der Waals surface area (Å²) in [5.41, 5.74) is 0.890. The highest BCUT2D eigenvalue weighted by Gasteiger charge is 2.35. The predicted octanol–water partition coefficient (Wildman–Crippen LogP) is 7.21. The normalized spacial score (nSPS) is 16.9. The first-order chi connectivity index (χ1) is 16.9. The number of aliphatic hydroxyl groups is 1. The zero-order chi connectivity index (χ0) is 24.8. The van der Waals surface area contributed by atoms with Crippen LogP contribution in [0.15, 0.2) is 53.6 Å². The molecule has 1 fully saturated rings. The Morgan fingerprint density at radius 1 is 1.20 bits per heavy atom. The molecule has 4 rings (SSSR count). The lowest BCUT2D eigenvalue weighted by atomic mass is 9.74. The molecule has 2 aromatic carbocycles. The Morgan fingerprint density at radius 2 is 2.00 bits per heavy atom. The number of likely N-dealkylation sites (tertiary alicyclic amines) is 1. The van der Waals surface area contributed by atoms with Gasteiger partial charge in [-0.05, 0) is 80.6 Å². The maximum Gasteiger partial charge on any atom is 0.127 e. The number of hydrogen-bond acceptors (Lipinski definition) is 5. The van der Waals surface area contributed by atoms with E-state index in [0.29, 0.717) is 40.1 Å². The molecule has 0 aliphatic carbocycles. The zero-order valence-corrected chi connectivity index (χ0v) is 22.2. The van der Waals surface area contributed by atoms with Gasteiger partial charge in [-0.25, -0.2) is 4.39 Å². The van der Waals surface area contributed by atoms with E-state index in [2.05, 4.69) is 16.0 Å². The third kappa shape index (κ3) is 6.60. The highest BCUT2D eigenvalue weighted by molar-refractivity contribution is 7.99. The number of ether oxygens (including phenoxy) is 1. The lowest BCUT2D eigenvalue weighted by Gasteiger charge is -2.41. The average molecular weight is 538 g/mol. The van der Waals surface area contributed by atoms with Gasteiger partial charge in [-0.3, -0.25) is 4.98 Å². The van der Waals surface area contributed by atoms with Crippen LogP contribution in [0.3, 0.4) is 0 Å². The topological polar surface area (TPSA) is 45.6 Å². The molecule has 1 aliphatic rings. The summed E-state index contributed by atoms with van der Waals surface area (Å²) in [7, 11) is 1.58. The fourth-order valence-electron chi connectivity index (χ4n) is 4.78. The first-order valence-electron chi connectivity index (χ1n) is 11.9. The van der Waals surface area contributed by atoms with Crippen LogP contribution in [0.5, 0.6) is 5.75 Å². The van der Waals surface area contributed by atoms with Crippen molar-refractivity contribution in [1.82, 2.24) is 9.88 Å². The van der Waals surface area contributed by atoms with Crippen molar-refractivity contribution in [3.8, 4) is 5.75 Å². The molecule has 0 bridgehead atoms. The van der Waals surface area contributed by atoms with Crippen molar-refractivity contribution < 1.29 is 14.2 Å². The van der Waals surface area contributed by atoms with Crippen molar-refractivity contribution in [3.05, 3.63) is 64.3 Å². The first kappa shape index (κ1) is 26.5. The van der Waals surface area contributed by atoms with Crippen LogP contribution in [0.2, 0.25) is 10.0 Å². The van der Waals surface area contributed by atoms with E-state index >= 15 is 4.39 Å². The van der Waals surface area contributed by atoms with Gasteiger partial charge in [0.2, 0.25) is 0 Å². The summed E-state index contributed by atoms with van der Waals surface area (Å²) >= 11 is 14.3. The minimum atomic E-state index is -1.24. The number of piperidine rings is 1. The molecule has 0 radical (unpaired) electrons. The van der Waals surface area contributed by atoms with E-state index in [1.165, 1.54) is 11.1 Å². The van der Waals surface area contributed by atoms with Crippen LogP contribution in [0.25, 0.3) is 10.9 Å². The monoisotopic (exact) mass is 536 g/mol. The van der Waals surface area contributed by atoms with Crippen LogP contribution in [0.1, 0.15) is 37.4 Å². The molecule has 35 heavy (non-hydrogen) atoms. The second kappa shape index (κ2) is 12.1. The van der Waals surface area contributed by atoms with E-state index in [1.54, 1.807) is 24.9 Å². The Bertz CT molecular complexity index is 1140. The molecule has 2 heterocycles. The SMILES string of the molecule is COc1ccc2ncc(Cl)c([C@@H](F)CCC3(CO)CCN(CCSc4cccc(Cl)c4)CC3)c2c1. The number of methoxy groups -OCH3 is 1. The maximum atomic E-state index is 15.6. The number of pyridine rings is 1. The van der Waals surface area contributed by atoms with Crippen molar-refractivity contribution in [3.63, 3.8) is 0 Å². The minimum Gasteiger partial charge on any atom is -0.497 e. The quantitative estimate of drug-likeness (QED) is 0.277. The van der Waals surface area contributed by atoms with E-state index in [-0.39, 0.29) is 12.0 Å². The van der Waals surface area contributed by atoms with Crippen molar-refractivity contribution in [2.45, 2.75) is 36.8 Å². The fraction of sp³-hybridized carbons (Fsp3) is 0.444. The van der Waals surface area contributed by atoms with Gasteiger partial charge in [0.15, 0.2) is 0 Å². The van der Waals surface area contributed by atoms with Crippen molar-refractivity contribution in [2.75, 3.05) is 39.1 Å². The van der Waals surface area contributed by atoms with Gasteiger partial charge in [-0.1, -0.05) is 29.3 Å². The number of aliphatic hydroxyl groups excluding tert-OH is 1. The molecule has 1 atom stereocenters. The number of rotatable bonds is 10. The summed E-state index contributed by atoms with van der Waals surface area (Å²) in [5.74, 6) is 1.62. The van der Waals surface area contributed by atoms with E-state index in [4.69, 9.17) is 27.9 Å². The molecule has 1 aliphatic heterocycles. The molecule has 1 aromatic heterocycles. The van der Waals surface area contributed by atoms with Gasteiger partial charge in [-0.2, -0.15) is 0 Å². The van der Waals surface area contributed by atoms with E-state index in [9.17, 15) is 5.11 Å². The van der Waals surface area contributed by atoms with Crippen LogP contribution < -0.4 is 4.74 Å². The molecule has 3 aromatic rings. The number of thioether (sulfide) groups is 1. The number of benzene rings is 2. The van der Waals surface area contributed by atoms with Gasteiger partial charge in [0.05, 0.1) is 17.6 Å². The second-order valence-electron chi connectivity index (χ2n) is 9.21. The lowest BCUT2D eigenvalue weighted by molar-refractivity contribution is 0.0323. The summed E-state index contributed by atoms with van der Waals surface area (Å²) in [5, 5.41) is 12.0. The molecule has 0 saturated carbocycles. The lowest BCUT2D eigenvalue weighted by Crippen LogP contribution is -2.42. The maximum absolute atomic E-state index is 15.6. The third-order valence-corrected chi connectivity index (χ3v) is 8.54.